The summed E-state index contributed by atoms with van der Waals surface area (Å²) in [5, 5.41) is 20.4. The van der Waals surface area contributed by atoms with Gasteiger partial charge in [0.15, 0.2) is 6.29 Å². The molecule has 0 aliphatic carbocycles. The summed E-state index contributed by atoms with van der Waals surface area (Å²) in [5.41, 5.74) is 0.602. The van der Waals surface area contributed by atoms with Gasteiger partial charge in [0, 0.05) is 17.7 Å². The molecule has 1 aromatic carbocycles. The van der Waals surface area contributed by atoms with Crippen LogP contribution in [0.3, 0.4) is 0 Å². The number of rotatable bonds is 6. The summed E-state index contributed by atoms with van der Waals surface area (Å²) in [7, 11) is 0. The predicted molar refractivity (Wildman–Crippen MR) is 64.6 cm³/mol. The number of hydrogen-bond acceptors (Lipinski definition) is 5. The summed E-state index contributed by atoms with van der Waals surface area (Å²) < 4.78 is 5.20. The molecule has 1 N–H and O–H groups in total. The minimum absolute atomic E-state index is 0.0266. The second-order valence-electron chi connectivity index (χ2n) is 3.87. The Morgan fingerprint density at radius 3 is 2.78 bits per heavy atom. The van der Waals surface area contributed by atoms with Crippen LogP contribution >= 0.6 is 0 Å². The number of hydrogen-bond donors (Lipinski definition) is 1. The molecule has 0 saturated carbocycles. The average Bonchev–Trinajstić information content (AvgIpc) is 2.30. The van der Waals surface area contributed by atoms with Crippen LogP contribution in [-0.4, -0.2) is 22.9 Å². The third-order valence-corrected chi connectivity index (χ3v) is 2.15. The first kappa shape index (κ1) is 13.9. The molecule has 0 aromatic heterocycles. The first-order valence-electron chi connectivity index (χ1n) is 5.13. The first-order chi connectivity index (χ1) is 8.45. The summed E-state index contributed by atoms with van der Waals surface area (Å²) in [6, 6.07) is 2.20. The number of phenolic OH excluding ortho intramolecular Hbond substituents is 1. The molecular formula is C12H13NO5. The molecule has 0 fully saturated rings. The summed E-state index contributed by atoms with van der Waals surface area (Å²) in [6.45, 7) is 5.65. The van der Waals surface area contributed by atoms with Gasteiger partial charge in [-0.05, 0) is 6.92 Å². The molecule has 96 valence electrons. The van der Waals surface area contributed by atoms with Gasteiger partial charge in [0.1, 0.15) is 5.75 Å². The van der Waals surface area contributed by atoms with Crippen LogP contribution in [0.15, 0.2) is 24.3 Å². The lowest BCUT2D eigenvalue weighted by Crippen LogP contribution is -2.00. The van der Waals surface area contributed by atoms with Gasteiger partial charge in [0.2, 0.25) is 0 Å². The van der Waals surface area contributed by atoms with E-state index in [-0.39, 0.29) is 35.8 Å². The van der Waals surface area contributed by atoms with Gasteiger partial charge in [-0.3, -0.25) is 14.9 Å². The lowest BCUT2D eigenvalue weighted by atomic mass is 10.1. The number of nitro benzene ring substituents is 1. The lowest BCUT2D eigenvalue weighted by Gasteiger charge is -2.07. The Morgan fingerprint density at radius 2 is 2.28 bits per heavy atom. The molecule has 0 amide bonds. The quantitative estimate of drug-likeness (QED) is 0.362. The van der Waals surface area contributed by atoms with Crippen LogP contribution in [0.5, 0.6) is 5.75 Å². The third kappa shape index (κ3) is 3.39. The van der Waals surface area contributed by atoms with E-state index in [2.05, 4.69) is 6.58 Å². The van der Waals surface area contributed by atoms with Gasteiger partial charge in [0.05, 0.1) is 23.7 Å². The number of nitrogens with zero attached hydrogens (tertiary/aromatic N) is 1. The fourth-order valence-corrected chi connectivity index (χ4v) is 1.34. The number of aromatic hydroxyl groups is 1. The van der Waals surface area contributed by atoms with Crippen LogP contribution in [0, 0.1) is 10.1 Å². The van der Waals surface area contributed by atoms with Crippen molar-refractivity contribution in [1.82, 2.24) is 0 Å². The van der Waals surface area contributed by atoms with Crippen LogP contribution in [-0.2, 0) is 11.3 Å². The number of aldehydes is 1. The second-order valence-corrected chi connectivity index (χ2v) is 3.87. The van der Waals surface area contributed by atoms with E-state index >= 15 is 0 Å². The maximum atomic E-state index is 10.7. The maximum absolute atomic E-state index is 10.7. The van der Waals surface area contributed by atoms with Crippen molar-refractivity contribution in [2.45, 2.75) is 13.5 Å². The second kappa shape index (κ2) is 5.92. The molecule has 0 heterocycles. The van der Waals surface area contributed by atoms with Gasteiger partial charge in [0.25, 0.3) is 5.69 Å². The molecule has 0 atom stereocenters. The van der Waals surface area contributed by atoms with Crippen LogP contribution in [0.4, 0.5) is 5.69 Å². The molecule has 0 bridgehead atoms. The van der Waals surface area contributed by atoms with E-state index in [4.69, 9.17) is 4.74 Å². The first-order valence-corrected chi connectivity index (χ1v) is 5.13. The van der Waals surface area contributed by atoms with E-state index in [0.717, 1.165) is 11.6 Å². The zero-order valence-corrected chi connectivity index (χ0v) is 9.88. The van der Waals surface area contributed by atoms with Gasteiger partial charge in [-0.2, -0.15) is 0 Å². The molecule has 1 aromatic rings. The Labute approximate surface area is 104 Å². The standard InChI is InChI=1S/C12H13NO5/c1-8(2)6-18-7-10-4-11(13(16)17)3-9(5-14)12(10)15/h3-5,15H,1,6-7H2,2H3. The summed E-state index contributed by atoms with van der Waals surface area (Å²) in [6.07, 6.45) is 0.366. The van der Waals surface area contributed by atoms with Gasteiger partial charge in [-0.15, -0.1) is 0 Å². The minimum atomic E-state index is -0.630. The molecular weight excluding hydrogens is 238 g/mol. The number of ether oxygens (including phenoxy) is 1. The molecule has 0 aliphatic heterocycles. The van der Waals surface area contributed by atoms with Gasteiger partial charge < -0.3 is 9.84 Å². The summed E-state index contributed by atoms with van der Waals surface area (Å²) in [5.74, 6) is -0.294. The van der Waals surface area contributed by atoms with E-state index < -0.39 is 4.92 Å². The summed E-state index contributed by atoms with van der Waals surface area (Å²) >= 11 is 0. The molecule has 1 rings (SSSR count). The Hall–Kier alpha value is -2.21. The Morgan fingerprint density at radius 1 is 1.61 bits per heavy atom. The molecule has 18 heavy (non-hydrogen) atoms. The predicted octanol–water partition coefficient (Wildman–Crippen LogP) is 2.21. The van der Waals surface area contributed by atoms with Crippen molar-refractivity contribution in [3.63, 3.8) is 0 Å². The van der Waals surface area contributed by atoms with E-state index in [1.165, 1.54) is 6.07 Å². The highest BCUT2D eigenvalue weighted by atomic mass is 16.6. The third-order valence-electron chi connectivity index (χ3n) is 2.15. The van der Waals surface area contributed by atoms with Crippen LogP contribution < -0.4 is 0 Å². The highest BCUT2D eigenvalue weighted by molar-refractivity contribution is 5.81. The Kier molecular flexibility index (Phi) is 4.56. The number of phenols is 1. The van der Waals surface area contributed by atoms with Gasteiger partial charge in [-0.1, -0.05) is 12.2 Å². The van der Waals surface area contributed by atoms with Crippen molar-refractivity contribution in [2.24, 2.45) is 0 Å². The topological polar surface area (TPSA) is 89.7 Å². The van der Waals surface area contributed by atoms with Crippen molar-refractivity contribution in [3.05, 3.63) is 45.5 Å². The van der Waals surface area contributed by atoms with E-state index in [9.17, 15) is 20.0 Å². The maximum Gasteiger partial charge on any atom is 0.270 e. The van der Waals surface area contributed by atoms with E-state index in [1.807, 2.05) is 0 Å². The smallest absolute Gasteiger partial charge is 0.270 e. The van der Waals surface area contributed by atoms with E-state index in [0.29, 0.717) is 6.29 Å². The molecule has 0 aliphatic rings. The lowest BCUT2D eigenvalue weighted by molar-refractivity contribution is -0.385. The molecule has 0 unspecified atom stereocenters. The SMILES string of the molecule is C=C(C)COCc1cc([N+](=O)[O-])cc(C=O)c1O. The number of non-ortho nitro benzene ring substituents is 1. The van der Waals surface area contributed by atoms with Crippen molar-refractivity contribution < 1.29 is 19.6 Å². The largest absolute Gasteiger partial charge is 0.507 e. The Balaban J connectivity index is 3.01. The average molecular weight is 251 g/mol. The monoisotopic (exact) mass is 251 g/mol. The van der Waals surface area contributed by atoms with Crippen molar-refractivity contribution >= 4 is 12.0 Å². The Bertz CT molecular complexity index is 495. The van der Waals surface area contributed by atoms with Crippen molar-refractivity contribution in [1.29, 1.82) is 0 Å². The van der Waals surface area contributed by atoms with Crippen LogP contribution in [0.2, 0.25) is 0 Å². The number of nitro groups is 1. The normalized spacial score (nSPS) is 10.1. The molecule has 0 spiro atoms. The zero-order chi connectivity index (χ0) is 13.7. The fourth-order valence-electron chi connectivity index (χ4n) is 1.34. The van der Waals surface area contributed by atoms with Gasteiger partial charge >= 0.3 is 0 Å². The van der Waals surface area contributed by atoms with Crippen molar-refractivity contribution in [3.8, 4) is 5.75 Å². The van der Waals surface area contributed by atoms with Crippen LogP contribution in [0.25, 0.3) is 0 Å². The molecule has 0 radical (unpaired) electrons. The summed E-state index contributed by atoms with van der Waals surface area (Å²) in [4.78, 5) is 20.7. The minimum Gasteiger partial charge on any atom is -0.507 e. The molecule has 0 saturated heterocycles. The van der Waals surface area contributed by atoms with Crippen molar-refractivity contribution in [2.75, 3.05) is 6.61 Å². The fraction of sp³-hybridized carbons (Fsp3) is 0.250. The number of carbonyl (C=O) groups excluding carboxylic acids is 1. The number of carbonyl (C=O) groups is 1. The highest BCUT2D eigenvalue weighted by Gasteiger charge is 2.15. The molecule has 6 heteroatoms. The number of benzene rings is 1. The molecule has 6 nitrogen and oxygen atoms in total. The zero-order valence-electron chi connectivity index (χ0n) is 9.88. The van der Waals surface area contributed by atoms with Crippen LogP contribution in [0.1, 0.15) is 22.8 Å². The van der Waals surface area contributed by atoms with E-state index in [1.54, 1.807) is 6.92 Å². The highest BCUT2D eigenvalue weighted by Crippen LogP contribution is 2.27. The van der Waals surface area contributed by atoms with Gasteiger partial charge in [-0.25, -0.2) is 0 Å².